The lowest BCUT2D eigenvalue weighted by molar-refractivity contribution is 0.306. The van der Waals surface area contributed by atoms with Crippen molar-refractivity contribution in [2.45, 2.75) is 71.1 Å². The summed E-state index contributed by atoms with van der Waals surface area (Å²) in [5.74, 6) is 2.72. The molecule has 0 radical (unpaired) electrons. The predicted molar refractivity (Wildman–Crippen MR) is 112 cm³/mol. The molecule has 1 heteroatoms. The van der Waals surface area contributed by atoms with E-state index in [0.717, 1.165) is 30.6 Å². The largest absolute Gasteiger partial charge is 0.494 e. The SMILES string of the molecule is CCCCCOc1ccc(-c2ccc(C3CCC(CC)CC3)cc2)cc1. The van der Waals surface area contributed by atoms with Crippen molar-refractivity contribution in [2.24, 2.45) is 5.92 Å². The predicted octanol–water partition coefficient (Wildman–Crippen LogP) is 7.61. The van der Waals surface area contributed by atoms with Gasteiger partial charge in [-0.05, 0) is 72.8 Å². The van der Waals surface area contributed by atoms with Gasteiger partial charge in [0.15, 0.2) is 0 Å². The number of unbranched alkanes of at least 4 members (excludes halogenated alkanes) is 2. The van der Waals surface area contributed by atoms with Gasteiger partial charge >= 0.3 is 0 Å². The second-order valence-electron chi connectivity index (χ2n) is 7.83. The van der Waals surface area contributed by atoms with Crippen LogP contribution in [0.15, 0.2) is 48.5 Å². The summed E-state index contributed by atoms with van der Waals surface area (Å²) in [4.78, 5) is 0. The maximum Gasteiger partial charge on any atom is 0.119 e. The van der Waals surface area contributed by atoms with Crippen LogP contribution >= 0.6 is 0 Å². The second kappa shape index (κ2) is 9.80. The molecule has 0 aromatic heterocycles. The van der Waals surface area contributed by atoms with Gasteiger partial charge in [0.25, 0.3) is 0 Å². The molecule has 0 amide bonds. The average Bonchev–Trinajstić information content (AvgIpc) is 2.72. The van der Waals surface area contributed by atoms with Crippen LogP contribution in [0.4, 0.5) is 0 Å². The number of ether oxygens (including phenoxy) is 1. The molecule has 2 aromatic rings. The summed E-state index contributed by atoms with van der Waals surface area (Å²) in [6, 6.07) is 17.8. The first kappa shape index (κ1) is 19.0. The van der Waals surface area contributed by atoms with Gasteiger partial charge in [0, 0.05) is 0 Å². The highest BCUT2D eigenvalue weighted by atomic mass is 16.5. The average molecular weight is 351 g/mol. The smallest absolute Gasteiger partial charge is 0.119 e. The van der Waals surface area contributed by atoms with E-state index in [2.05, 4.69) is 62.4 Å². The van der Waals surface area contributed by atoms with Crippen LogP contribution in [0.5, 0.6) is 5.75 Å². The summed E-state index contributed by atoms with van der Waals surface area (Å²) in [5.41, 5.74) is 4.10. The van der Waals surface area contributed by atoms with Crippen LogP contribution in [0.1, 0.15) is 76.7 Å². The molecule has 0 atom stereocenters. The summed E-state index contributed by atoms with van der Waals surface area (Å²) in [7, 11) is 0. The van der Waals surface area contributed by atoms with Crippen molar-refractivity contribution in [1.82, 2.24) is 0 Å². The van der Waals surface area contributed by atoms with Gasteiger partial charge in [0.1, 0.15) is 5.75 Å². The zero-order chi connectivity index (χ0) is 18.2. The van der Waals surface area contributed by atoms with Crippen LogP contribution < -0.4 is 4.74 Å². The maximum atomic E-state index is 5.82. The van der Waals surface area contributed by atoms with Crippen LogP contribution in [-0.4, -0.2) is 6.61 Å². The molecule has 1 aliphatic rings. The first-order chi connectivity index (χ1) is 12.8. The van der Waals surface area contributed by atoms with Crippen molar-refractivity contribution < 1.29 is 4.74 Å². The molecule has 1 fully saturated rings. The highest BCUT2D eigenvalue weighted by Gasteiger charge is 2.21. The van der Waals surface area contributed by atoms with E-state index in [1.807, 2.05) is 0 Å². The lowest BCUT2D eigenvalue weighted by atomic mass is 9.77. The van der Waals surface area contributed by atoms with E-state index in [4.69, 9.17) is 4.74 Å². The Morgan fingerprint density at radius 1 is 0.769 bits per heavy atom. The fourth-order valence-electron chi connectivity index (χ4n) is 4.14. The molecule has 0 bridgehead atoms. The molecule has 3 rings (SSSR count). The first-order valence-electron chi connectivity index (χ1n) is 10.6. The lowest BCUT2D eigenvalue weighted by Gasteiger charge is -2.28. The van der Waals surface area contributed by atoms with Gasteiger partial charge in [-0.2, -0.15) is 0 Å². The van der Waals surface area contributed by atoms with Gasteiger partial charge in [-0.25, -0.2) is 0 Å². The lowest BCUT2D eigenvalue weighted by Crippen LogP contribution is -2.12. The Labute approximate surface area is 159 Å². The Hall–Kier alpha value is -1.76. The number of hydrogen-bond acceptors (Lipinski definition) is 1. The molecule has 0 spiro atoms. The summed E-state index contributed by atoms with van der Waals surface area (Å²) in [5, 5.41) is 0. The Morgan fingerprint density at radius 2 is 1.38 bits per heavy atom. The van der Waals surface area contributed by atoms with E-state index in [1.165, 1.54) is 61.6 Å². The quantitative estimate of drug-likeness (QED) is 0.445. The molecule has 0 aliphatic heterocycles. The zero-order valence-corrected chi connectivity index (χ0v) is 16.5. The van der Waals surface area contributed by atoms with Gasteiger partial charge < -0.3 is 4.74 Å². The van der Waals surface area contributed by atoms with Crippen molar-refractivity contribution in [3.05, 3.63) is 54.1 Å². The summed E-state index contributed by atoms with van der Waals surface area (Å²) < 4.78 is 5.82. The van der Waals surface area contributed by atoms with E-state index < -0.39 is 0 Å². The molecule has 0 unspecified atom stereocenters. The molecule has 1 nitrogen and oxygen atoms in total. The van der Waals surface area contributed by atoms with Gasteiger partial charge in [-0.3, -0.25) is 0 Å². The first-order valence-corrected chi connectivity index (χ1v) is 10.6. The van der Waals surface area contributed by atoms with Gasteiger partial charge in [0.2, 0.25) is 0 Å². The van der Waals surface area contributed by atoms with Crippen LogP contribution in [0.2, 0.25) is 0 Å². The number of benzene rings is 2. The normalized spacial score (nSPS) is 20.1. The molecule has 1 aliphatic carbocycles. The highest BCUT2D eigenvalue weighted by Crippen LogP contribution is 2.37. The van der Waals surface area contributed by atoms with Crippen molar-refractivity contribution in [3.63, 3.8) is 0 Å². The summed E-state index contributed by atoms with van der Waals surface area (Å²) >= 11 is 0. The molecule has 2 aromatic carbocycles. The highest BCUT2D eigenvalue weighted by molar-refractivity contribution is 5.64. The topological polar surface area (TPSA) is 9.23 Å². The third-order valence-electron chi connectivity index (χ3n) is 6.01. The Balaban J connectivity index is 1.56. The van der Waals surface area contributed by atoms with Crippen molar-refractivity contribution in [1.29, 1.82) is 0 Å². The molecule has 140 valence electrons. The van der Waals surface area contributed by atoms with Crippen molar-refractivity contribution in [2.75, 3.05) is 6.61 Å². The molecule has 0 heterocycles. The minimum atomic E-state index is 0.769. The second-order valence-corrected chi connectivity index (χ2v) is 7.83. The van der Waals surface area contributed by atoms with E-state index >= 15 is 0 Å². The molecule has 0 N–H and O–H groups in total. The number of rotatable bonds is 8. The van der Waals surface area contributed by atoms with Crippen LogP contribution in [0.3, 0.4) is 0 Å². The minimum Gasteiger partial charge on any atom is -0.494 e. The molecule has 0 saturated heterocycles. The van der Waals surface area contributed by atoms with Gasteiger partial charge in [0.05, 0.1) is 6.61 Å². The van der Waals surface area contributed by atoms with E-state index in [-0.39, 0.29) is 0 Å². The van der Waals surface area contributed by atoms with E-state index in [9.17, 15) is 0 Å². The number of hydrogen-bond donors (Lipinski definition) is 0. The fraction of sp³-hybridized carbons (Fsp3) is 0.520. The van der Waals surface area contributed by atoms with Crippen LogP contribution in [0.25, 0.3) is 11.1 Å². The standard InChI is InChI=1S/C25H34O/c1-3-5-6-19-26-25-17-15-24(16-18-25)23-13-11-22(12-14-23)21-9-7-20(4-2)8-10-21/h11-18,20-21H,3-10,19H2,1-2H3. The Kier molecular flexibility index (Phi) is 7.17. The van der Waals surface area contributed by atoms with Gasteiger partial charge in [-0.1, -0.05) is 69.5 Å². The van der Waals surface area contributed by atoms with E-state index in [0.29, 0.717) is 0 Å². The summed E-state index contributed by atoms with van der Waals surface area (Å²) in [6.45, 7) is 5.37. The van der Waals surface area contributed by atoms with Crippen molar-refractivity contribution >= 4 is 0 Å². The zero-order valence-electron chi connectivity index (χ0n) is 16.5. The van der Waals surface area contributed by atoms with Gasteiger partial charge in [-0.15, -0.1) is 0 Å². The maximum absolute atomic E-state index is 5.82. The molecular formula is C25H34O. The molecule has 1 saturated carbocycles. The van der Waals surface area contributed by atoms with Crippen molar-refractivity contribution in [3.8, 4) is 16.9 Å². The van der Waals surface area contributed by atoms with Crippen LogP contribution in [0, 0.1) is 5.92 Å². The molecule has 26 heavy (non-hydrogen) atoms. The Morgan fingerprint density at radius 3 is 1.96 bits per heavy atom. The monoisotopic (exact) mass is 350 g/mol. The fourth-order valence-corrected chi connectivity index (χ4v) is 4.14. The minimum absolute atomic E-state index is 0.769. The third-order valence-corrected chi connectivity index (χ3v) is 6.01. The van der Waals surface area contributed by atoms with Crippen LogP contribution in [-0.2, 0) is 0 Å². The third kappa shape index (κ3) is 5.13. The molecular weight excluding hydrogens is 316 g/mol. The summed E-state index contributed by atoms with van der Waals surface area (Å²) in [6.07, 6.45) is 10.5. The van der Waals surface area contributed by atoms with E-state index in [1.54, 1.807) is 0 Å². The Bertz CT molecular complexity index is 633.